The molecule has 34 heavy (non-hydrogen) atoms. The van der Waals surface area contributed by atoms with E-state index < -0.39 is 6.10 Å². The Hall–Kier alpha value is -2.89. The quantitative estimate of drug-likeness (QED) is 0.0972. The van der Waals surface area contributed by atoms with Gasteiger partial charge in [-0.3, -0.25) is 4.79 Å². The molecular formula is C29H39NO4. The number of aliphatic hydroxyl groups excluding tert-OH is 1. The Labute approximate surface area is 204 Å². The van der Waals surface area contributed by atoms with E-state index >= 15 is 0 Å². The summed E-state index contributed by atoms with van der Waals surface area (Å²) < 4.78 is 11.6. The molecular weight excluding hydrogens is 426 g/mol. The van der Waals surface area contributed by atoms with Gasteiger partial charge >= 0.3 is 0 Å². The first-order valence-electron chi connectivity index (χ1n) is 12.3. The summed E-state index contributed by atoms with van der Waals surface area (Å²) in [7, 11) is 0. The second-order valence-electron chi connectivity index (χ2n) is 8.32. The Morgan fingerprint density at radius 3 is 2.18 bits per heavy atom. The van der Waals surface area contributed by atoms with E-state index in [1.54, 1.807) is 12.3 Å². The summed E-state index contributed by atoms with van der Waals surface area (Å²) in [5, 5.41) is 13.9. The van der Waals surface area contributed by atoms with Gasteiger partial charge in [0.1, 0.15) is 18.5 Å². The Bertz CT molecular complexity index is 849. The molecule has 2 rings (SSSR count). The lowest BCUT2D eigenvalue weighted by atomic mass is 10.1. The summed E-state index contributed by atoms with van der Waals surface area (Å²) in [4.78, 5) is 11.7. The van der Waals surface area contributed by atoms with Crippen LogP contribution in [0, 0.1) is 0 Å². The highest BCUT2D eigenvalue weighted by Crippen LogP contribution is 2.14. The summed E-state index contributed by atoms with van der Waals surface area (Å²) in [6.45, 7) is 3.76. The maximum absolute atomic E-state index is 11.7. The zero-order valence-electron chi connectivity index (χ0n) is 20.3. The van der Waals surface area contributed by atoms with Crippen molar-refractivity contribution in [3.05, 3.63) is 95.4 Å². The van der Waals surface area contributed by atoms with E-state index in [4.69, 9.17) is 9.47 Å². The number of aldehydes is 1. The van der Waals surface area contributed by atoms with Crippen LogP contribution in [-0.2, 0) is 27.5 Å². The Morgan fingerprint density at radius 1 is 0.912 bits per heavy atom. The van der Waals surface area contributed by atoms with Crippen molar-refractivity contribution in [3.63, 3.8) is 0 Å². The Balaban J connectivity index is 1.93. The lowest BCUT2D eigenvalue weighted by molar-refractivity contribution is -0.104. The number of allylic oxidation sites excluding steroid dienone is 2. The van der Waals surface area contributed by atoms with Crippen LogP contribution in [0.2, 0.25) is 0 Å². The zero-order chi connectivity index (χ0) is 24.3. The van der Waals surface area contributed by atoms with Crippen LogP contribution in [0.5, 0.6) is 0 Å². The van der Waals surface area contributed by atoms with Crippen LogP contribution >= 0.6 is 0 Å². The van der Waals surface area contributed by atoms with Crippen LogP contribution in [-0.4, -0.2) is 30.6 Å². The molecule has 5 nitrogen and oxygen atoms in total. The minimum Gasteiger partial charge on any atom is -0.490 e. The first kappa shape index (κ1) is 27.4. The van der Waals surface area contributed by atoms with Gasteiger partial charge in [0.05, 0.1) is 13.2 Å². The number of aliphatic hydroxyl groups is 1. The topological polar surface area (TPSA) is 67.8 Å². The van der Waals surface area contributed by atoms with Crippen molar-refractivity contribution in [1.29, 1.82) is 0 Å². The molecule has 2 aromatic rings. The van der Waals surface area contributed by atoms with Crippen molar-refractivity contribution in [2.45, 2.75) is 64.8 Å². The number of ether oxygens (including phenoxy) is 2. The molecule has 184 valence electrons. The molecule has 5 heteroatoms. The number of hydrogen-bond acceptors (Lipinski definition) is 5. The van der Waals surface area contributed by atoms with Crippen molar-refractivity contribution in [2.24, 2.45) is 0 Å². The second kappa shape index (κ2) is 17.6. The third-order valence-corrected chi connectivity index (χ3v) is 5.35. The van der Waals surface area contributed by atoms with E-state index in [2.05, 4.69) is 12.2 Å². The molecule has 0 aliphatic carbocycles. The van der Waals surface area contributed by atoms with Crippen molar-refractivity contribution in [3.8, 4) is 0 Å². The molecule has 0 amide bonds. The van der Waals surface area contributed by atoms with E-state index in [0.29, 0.717) is 24.5 Å². The summed E-state index contributed by atoms with van der Waals surface area (Å²) in [5.74, 6) is 0.302. The van der Waals surface area contributed by atoms with Crippen molar-refractivity contribution in [1.82, 2.24) is 5.32 Å². The molecule has 0 aliphatic heterocycles. The number of hydrogen-bond donors (Lipinski definition) is 2. The molecule has 2 aromatic carbocycles. The van der Waals surface area contributed by atoms with Gasteiger partial charge in [0.2, 0.25) is 0 Å². The number of rotatable bonds is 18. The standard InChI is InChI=1S/C29H39NO4/c1-2-3-4-5-6-13-18-30-20-27(21-31)19-29(34-23-26-16-11-8-12-17-26)28(32)24-33-22-25-14-9-7-10-15-25/h7-12,14-17,19-21,28,30,32H,2-6,13,18,22-24H2,1H3/b27-20+,29-19-/t28-/m1/s1. The van der Waals surface area contributed by atoms with Crippen LogP contribution in [0.3, 0.4) is 0 Å². The van der Waals surface area contributed by atoms with Crippen LogP contribution < -0.4 is 5.32 Å². The van der Waals surface area contributed by atoms with Gasteiger partial charge in [0.25, 0.3) is 0 Å². The normalized spacial score (nSPS) is 12.9. The fourth-order valence-electron chi connectivity index (χ4n) is 3.39. The van der Waals surface area contributed by atoms with Crippen molar-refractivity contribution >= 4 is 6.29 Å². The number of unbranched alkanes of at least 4 members (excludes halogenated alkanes) is 5. The van der Waals surface area contributed by atoms with E-state index in [1.807, 2.05) is 60.7 Å². The minimum atomic E-state index is -0.991. The summed E-state index contributed by atoms with van der Waals surface area (Å²) in [5.41, 5.74) is 2.41. The lowest BCUT2D eigenvalue weighted by Gasteiger charge is -2.17. The third kappa shape index (κ3) is 11.8. The first-order valence-corrected chi connectivity index (χ1v) is 12.3. The largest absolute Gasteiger partial charge is 0.490 e. The highest BCUT2D eigenvalue weighted by Gasteiger charge is 2.14. The molecule has 0 spiro atoms. The highest BCUT2D eigenvalue weighted by atomic mass is 16.5. The molecule has 0 saturated carbocycles. The first-order chi connectivity index (χ1) is 16.7. The molecule has 0 aliphatic rings. The van der Waals surface area contributed by atoms with Gasteiger partial charge < -0.3 is 19.9 Å². The van der Waals surface area contributed by atoms with Gasteiger partial charge in [-0.15, -0.1) is 0 Å². The average molecular weight is 466 g/mol. The number of carbonyl (C=O) groups is 1. The third-order valence-electron chi connectivity index (χ3n) is 5.35. The average Bonchev–Trinajstić information content (AvgIpc) is 2.88. The molecule has 1 atom stereocenters. The molecule has 0 radical (unpaired) electrons. The van der Waals surface area contributed by atoms with Gasteiger partial charge in [-0.25, -0.2) is 0 Å². The maximum Gasteiger partial charge on any atom is 0.151 e. The highest BCUT2D eigenvalue weighted by molar-refractivity contribution is 5.77. The monoisotopic (exact) mass is 465 g/mol. The molecule has 2 N–H and O–H groups in total. The van der Waals surface area contributed by atoms with Gasteiger partial charge in [-0.1, -0.05) is 99.7 Å². The smallest absolute Gasteiger partial charge is 0.151 e. The predicted octanol–water partition coefficient (Wildman–Crippen LogP) is 5.70. The van der Waals surface area contributed by atoms with E-state index in [-0.39, 0.29) is 6.61 Å². The Morgan fingerprint density at radius 2 is 1.53 bits per heavy atom. The fourth-order valence-corrected chi connectivity index (χ4v) is 3.39. The number of benzene rings is 2. The van der Waals surface area contributed by atoms with E-state index in [0.717, 1.165) is 30.4 Å². The van der Waals surface area contributed by atoms with Gasteiger partial charge in [0.15, 0.2) is 6.29 Å². The molecule has 0 aromatic heterocycles. The summed E-state index contributed by atoms with van der Waals surface area (Å²) >= 11 is 0. The van der Waals surface area contributed by atoms with Gasteiger partial charge in [-0.2, -0.15) is 0 Å². The lowest BCUT2D eigenvalue weighted by Crippen LogP contribution is -2.20. The maximum atomic E-state index is 11.7. The molecule has 0 fully saturated rings. The van der Waals surface area contributed by atoms with Gasteiger partial charge in [0, 0.05) is 18.3 Å². The summed E-state index contributed by atoms with van der Waals surface area (Å²) in [6, 6.07) is 19.5. The van der Waals surface area contributed by atoms with Crippen molar-refractivity contribution in [2.75, 3.05) is 13.2 Å². The fraction of sp³-hybridized carbons (Fsp3) is 0.414. The molecule has 0 saturated heterocycles. The number of nitrogens with one attached hydrogen (secondary N) is 1. The summed E-state index contributed by atoms with van der Waals surface area (Å²) in [6.07, 6.45) is 10.3. The predicted molar refractivity (Wildman–Crippen MR) is 137 cm³/mol. The zero-order valence-corrected chi connectivity index (χ0v) is 20.3. The SMILES string of the molecule is CCCCCCCCN/C=C(C=O)\C=C(/OCc1ccccc1)[C@H](O)COCc1ccccc1. The van der Waals surface area contributed by atoms with Crippen molar-refractivity contribution < 1.29 is 19.4 Å². The minimum absolute atomic E-state index is 0.0623. The Kier molecular flexibility index (Phi) is 14.1. The van der Waals surface area contributed by atoms with E-state index in [1.165, 1.54) is 32.1 Å². The number of carbonyl (C=O) groups excluding carboxylic acids is 1. The van der Waals surface area contributed by atoms with E-state index in [9.17, 15) is 9.90 Å². The molecule has 0 heterocycles. The second-order valence-corrected chi connectivity index (χ2v) is 8.32. The molecule has 0 bridgehead atoms. The van der Waals surface area contributed by atoms with Crippen LogP contribution in [0.15, 0.2) is 84.3 Å². The van der Waals surface area contributed by atoms with Crippen LogP contribution in [0.4, 0.5) is 0 Å². The molecule has 0 unspecified atom stereocenters. The van der Waals surface area contributed by atoms with Crippen LogP contribution in [0.1, 0.15) is 56.6 Å². The van der Waals surface area contributed by atoms with Gasteiger partial charge in [-0.05, 0) is 23.6 Å². The van der Waals surface area contributed by atoms with Crippen LogP contribution in [0.25, 0.3) is 0 Å².